The Hall–Kier alpha value is -0.690. The number of carbonyl (C=O) groups is 3. The number of ether oxygens (including phenoxy) is 2. The van der Waals surface area contributed by atoms with Crippen LogP contribution in [-0.2, 0) is 23.9 Å². The highest BCUT2D eigenvalue weighted by atomic mass is 32.2. The fraction of sp³-hybridized carbons (Fsp3) is 0.930. The lowest BCUT2D eigenvalue weighted by molar-refractivity contribution is -0.149. The van der Waals surface area contributed by atoms with Crippen molar-refractivity contribution in [3.8, 4) is 0 Å². The summed E-state index contributed by atoms with van der Waals surface area (Å²) in [6, 6.07) is 0. The van der Waals surface area contributed by atoms with Crippen LogP contribution in [0, 0.1) is 5.92 Å². The number of hydrogen-bond donors (Lipinski definition) is 0. The van der Waals surface area contributed by atoms with Crippen LogP contribution >= 0.6 is 23.5 Å². The molecule has 50 heavy (non-hydrogen) atoms. The van der Waals surface area contributed by atoms with Gasteiger partial charge in [0, 0.05) is 12.8 Å². The van der Waals surface area contributed by atoms with Crippen LogP contribution in [0.25, 0.3) is 0 Å². The van der Waals surface area contributed by atoms with Crippen molar-refractivity contribution in [2.24, 2.45) is 5.92 Å². The van der Waals surface area contributed by atoms with Gasteiger partial charge in [-0.2, -0.15) is 0 Å². The monoisotopic (exact) mass is 743 g/mol. The number of esters is 2. The van der Waals surface area contributed by atoms with E-state index in [1.807, 2.05) is 0 Å². The van der Waals surface area contributed by atoms with E-state index in [4.69, 9.17) is 9.47 Å². The third kappa shape index (κ3) is 33.2. The van der Waals surface area contributed by atoms with E-state index in [2.05, 4.69) is 27.7 Å². The van der Waals surface area contributed by atoms with Gasteiger partial charge in [0.15, 0.2) is 0 Å². The minimum Gasteiger partial charge on any atom is -0.465 e. The van der Waals surface area contributed by atoms with Crippen LogP contribution in [0.2, 0.25) is 0 Å². The molecule has 0 heterocycles. The summed E-state index contributed by atoms with van der Waals surface area (Å²) in [6.07, 6.45) is 33.1. The second kappa shape index (κ2) is 39.5. The van der Waals surface area contributed by atoms with E-state index < -0.39 is 0 Å². The molecule has 0 saturated heterocycles. The Balaban J connectivity index is 4.13. The van der Waals surface area contributed by atoms with E-state index in [-0.39, 0.29) is 22.4 Å². The molecule has 0 aliphatic carbocycles. The summed E-state index contributed by atoms with van der Waals surface area (Å²) >= 11 is 3.54. The molecule has 0 aromatic carbocycles. The minimum atomic E-state index is -0.112. The second-order valence-electron chi connectivity index (χ2n) is 14.5. The summed E-state index contributed by atoms with van der Waals surface area (Å²) in [5.74, 6) is 2.36. The normalized spacial score (nSPS) is 12.0. The predicted octanol–water partition coefficient (Wildman–Crippen LogP) is 13.8. The topological polar surface area (TPSA) is 69.7 Å². The van der Waals surface area contributed by atoms with Crippen LogP contribution in [0.3, 0.4) is 0 Å². The number of hydrogen-bond acceptors (Lipinski definition) is 7. The molecule has 7 heteroatoms. The number of ketones is 1. The van der Waals surface area contributed by atoms with Crippen molar-refractivity contribution >= 4 is 41.2 Å². The highest BCUT2D eigenvalue weighted by molar-refractivity contribution is 8.18. The zero-order valence-electron chi connectivity index (χ0n) is 33.6. The molecule has 1 unspecified atom stereocenters. The van der Waals surface area contributed by atoms with Gasteiger partial charge < -0.3 is 9.47 Å². The van der Waals surface area contributed by atoms with E-state index in [0.29, 0.717) is 31.8 Å². The third-order valence-corrected chi connectivity index (χ3v) is 12.4. The van der Waals surface area contributed by atoms with Gasteiger partial charge in [0.2, 0.25) is 0 Å². The lowest BCUT2D eigenvalue weighted by atomic mass is 9.94. The van der Waals surface area contributed by atoms with Gasteiger partial charge in [-0.1, -0.05) is 143 Å². The number of carbonyl (C=O) groups excluding carboxylic acids is 3. The maximum absolute atomic E-state index is 12.9. The number of thioether (sulfide) groups is 2. The van der Waals surface area contributed by atoms with Crippen LogP contribution < -0.4 is 0 Å². The third-order valence-electron chi connectivity index (χ3n) is 9.56. The molecule has 0 aliphatic heterocycles. The second-order valence-corrected chi connectivity index (χ2v) is 17.2. The average molecular weight is 743 g/mol. The molecule has 0 amide bonds. The molecule has 5 nitrogen and oxygen atoms in total. The molecule has 0 N–H and O–H groups in total. The molecule has 0 aliphatic rings. The van der Waals surface area contributed by atoms with Crippen molar-refractivity contribution in [2.75, 3.05) is 24.7 Å². The summed E-state index contributed by atoms with van der Waals surface area (Å²) in [5.41, 5.74) is 0. The Morgan fingerprint density at radius 2 is 0.780 bits per heavy atom. The first-order valence-electron chi connectivity index (χ1n) is 21.6. The molecule has 0 radical (unpaired) electrons. The Kier molecular flexibility index (Phi) is 39.0. The molecule has 0 saturated carbocycles. The van der Waals surface area contributed by atoms with Crippen LogP contribution in [0.5, 0.6) is 0 Å². The zero-order valence-corrected chi connectivity index (χ0v) is 35.2. The minimum absolute atomic E-state index is 0.000418. The molecule has 1 atom stereocenters. The van der Waals surface area contributed by atoms with Gasteiger partial charge in [0.25, 0.3) is 0 Å². The van der Waals surface area contributed by atoms with Gasteiger partial charge in [-0.15, -0.1) is 23.5 Å². The summed E-state index contributed by atoms with van der Waals surface area (Å²) in [5, 5.41) is 0. The largest absolute Gasteiger partial charge is 0.465 e. The zero-order chi connectivity index (χ0) is 36.8. The van der Waals surface area contributed by atoms with Crippen molar-refractivity contribution in [3.05, 3.63) is 0 Å². The predicted molar refractivity (Wildman–Crippen MR) is 220 cm³/mol. The average Bonchev–Trinajstić information content (AvgIpc) is 3.11. The number of rotatable bonds is 40. The van der Waals surface area contributed by atoms with E-state index in [1.54, 1.807) is 23.5 Å². The maximum Gasteiger partial charge on any atom is 0.329 e. The van der Waals surface area contributed by atoms with Crippen molar-refractivity contribution in [1.82, 2.24) is 0 Å². The lowest BCUT2D eigenvalue weighted by Gasteiger charge is -2.16. The first-order chi connectivity index (χ1) is 24.5. The van der Waals surface area contributed by atoms with Crippen LogP contribution in [0.4, 0.5) is 0 Å². The lowest BCUT2D eigenvalue weighted by Crippen LogP contribution is -2.19. The summed E-state index contributed by atoms with van der Waals surface area (Å²) in [7, 11) is 0. The number of unbranched alkanes of at least 4 members (excludes halogenated alkanes) is 20. The molecule has 296 valence electrons. The molecule has 0 spiro atoms. The number of Topliss-reactive ketones (excluding diaryl/α,β-unsaturated/α-hetero) is 1. The first kappa shape index (κ1) is 49.3. The standard InChI is InChI=1S/C43H82O5S2/c1-5-9-13-17-18-24-32-39(31-23-16-12-8-4)41(45)47-35-27-21-25-33-40(44)34-26-22-28-36-48-42(46)43(49-37-29-19-14-10-6-2)50-38-30-20-15-11-7-3/h39,43H,5-38H2,1-4H3. The maximum atomic E-state index is 12.9. The van der Waals surface area contributed by atoms with E-state index >= 15 is 0 Å². The summed E-state index contributed by atoms with van der Waals surface area (Å²) in [4.78, 5) is 38.1. The Morgan fingerprint density at radius 1 is 0.420 bits per heavy atom. The molecule has 0 aromatic rings. The van der Waals surface area contributed by atoms with Gasteiger partial charge in [-0.25, -0.2) is 4.79 Å². The van der Waals surface area contributed by atoms with Crippen molar-refractivity contribution in [2.45, 2.75) is 225 Å². The van der Waals surface area contributed by atoms with Gasteiger partial charge in [-0.05, 0) is 75.7 Å². The van der Waals surface area contributed by atoms with Crippen molar-refractivity contribution < 1.29 is 23.9 Å². The molecular weight excluding hydrogens is 661 g/mol. The van der Waals surface area contributed by atoms with E-state index in [0.717, 1.165) is 75.7 Å². The molecule has 0 aromatic heterocycles. The Bertz CT molecular complexity index is 746. The fourth-order valence-electron chi connectivity index (χ4n) is 6.20. The molecule has 0 bridgehead atoms. The summed E-state index contributed by atoms with van der Waals surface area (Å²) in [6.45, 7) is 9.87. The fourth-order valence-corrected chi connectivity index (χ4v) is 8.74. The first-order valence-corrected chi connectivity index (χ1v) is 23.7. The Morgan fingerprint density at radius 3 is 1.24 bits per heavy atom. The highest BCUT2D eigenvalue weighted by Crippen LogP contribution is 2.28. The molecule has 0 fully saturated rings. The van der Waals surface area contributed by atoms with Crippen LogP contribution in [0.1, 0.15) is 220 Å². The van der Waals surface area contributed by atoms with E-state index in [9.17, 15) is 14.4 Å². The highest BCUT2D eigenvalue weighted by Gasteiger charge is 2.21. The van der Waals surface area contributed by atoms with Crippen LogP contribution in [0.15, 0.2) is 0 Å². The van der Waals surface area contributed by atoms with Gasteiger partial charge in [0.05, 0.1) is 19.1 Å². The molecule has 0 rings (SSSR count). The van der Waals surface area contributed by atoms with Crippen molar-refractivity contribution in [3.63, 3.8) is 0 Å². The van der Waals surface area contributed by atoms with E-state index in [1.165, 1.54) is 116 Å². The van der Waals surface area contributed by atoms with Gasteiger partial charge in [-0.3, -0.25) is 9.59 Å². The summed E-state index contributed by atoms with van der Waals surface area (Å²) < 4.78 is 11.3. The smallest absolute Gasteiger partial charge is 0.329 e. The quantitative estimate of drug-likeness (QED) is 0.0352. The molecular formula is C43H82O5S2. The van der Waals surface area contributed by atoms with Crippen LogP contribution in [-0.4, -0.2) is 47.0 Å². The SMILES string of the molecule is CCCCCCCCC(CCCCCC)C(=O)OCCCCCC(=O)CCCCCOC(=O)C(SCCCCCCC)SCCCCCCC. The Labute approximate surface area is 319 Å². The van der Waals surface area contributed by atoms with Crippen molar-refractivity contribution in [1.29, 1.82) is 0 Å². The van der Waals surface area contributed by atoms with Gasteiger partial charge in [0.1, 0.15) is 10.4 Å². The van der Waals surface area contributed by atoms with Gasteiger partial charge >= 0.3 is 11.9 Å².